The number of nitrogens with zero attached hydrogens (tertiary/aromatic N) is 1. The number of sulfonamides is 1. The normalized spacial score (nSPS) is 19.2. The molecule has 2 aliphatic rings. The van der Waals surface area contributed by atoms with Crippen molar-refractivity contribution in [3.63, 3.8) is 0 Å². The van der Waals surface area contributed by atoms with Gasteiger partial charge in [0.25, 0.3) is 0 Å². The van der Waals surface area contributed by atoms with Gasteiger partial charge in [-0.15, -0.1) is 0 Å². The highest BCUT2D eigenvalue weighted by atomic mass is 32.2. The number of carbonyl (C=O) groups excluding carboxylic acids is 1. The van der Waals surface area contributed by atoms with Gasteiger partial charge in [0, 0.05) is 24.3 Å². The lowest BCUT2D eigenvalue weighted by Crippen LogP contribution is -2.35. The minimum atomic E-state index is -3.33. The maximum Gasteiger partial charge on any atom is 0.235 e. The number of rotatable bonds is 5. The largest absolute Gasteiger partial charge is 0.312 e. The number of nitrogens with one attached hydrogen (secondary N) is 1. The van der Waals surface area contributed by atoms with Crippen LogP contribution in [-0.4, -0.2) is 26.1 Å². The molecule has 1 heterocycles. The van der Waals surface area contributed by atoms with Gasteiger partial charge in [-0.3, -0.25) is 9.52 Å². The summed E-state index contributed by atoms with van der Waals surface area (Å²) in [5, 5.41) is -0.277. The van der Waals surface area contributed by atoms with Gasteiger partial charge in [-0.1, -0.05) is 26.2 Å². The zero-order valence-electron chi connectivity index (χ0n) is 14.3. The van der Waals surface area contributed by atoms with Gasteiger partial charge < -0.3 is 4.90 Å². The van der Waals surface area contributed by atoms with Crippen molar-refractivity contribution in [2.75, 3.05) is 16.2 Å². The molecule has 0 atom stereocenters. The average Bonchev–Trinajstić information content (AvgIpc) is 2.58. The number of carbonyl (C=O) groups is 1. The molecule has 1 amide bonds. The summed E-state index contributed by atoms with van der Waals surface area (Å²) >= 11 is 0. The SMILES string of the molecule is CCCN1C(=O)CCc2cc(NS(=O)(=O)C3CCCCC3)ccc21. The summed E-state index contributed by atoms with van der Waals surface area (Å²) in [6.45, 7) is 2.76. The molecule has 1 aromatic carbocycles. The molecule has 1 aliphatic carbocycles. The molecular formula is C18H26N2O3S. The Bertz CT molecular complexity index is 709. The van der Waals surface area contributed by atoms with Crippen LogP contribution in [0.2, 0.25) is 0 Å². The van der Waals surface area contributed by atoms with E-state index in [0.717, 1.165) is 49.8 Å². The molecule has 5 nitrogen and oxygen atoms in total. The van der Waals surface area contributed by atoms with E-state index < -0.39 is 10.0 Å². The summed E-state index contributed by atoms with van der Waals surface area (Å²) in [6.07, 6.45) is 6.68. The van der Waals surface area contributed by atoms with Crippen molar-refractivity contribution in [2.24, 2.45) is 0 Å². The van der Waals surface area contributed by atoms with Crippen LogP contribution in [0.4, 0.5) is 11.4 Å². The molecule has 0 spiro atoms. The topological polar surface area (TPSA) is 66.5 Å². The second-order valence-electron chi connectivity index (χ2n) is 6.80. The van der Waals surface area contributed by atoms with Gasteiger partial charge in [-0.25, -0.2) is 8.42 Å². The Labute approximate surface area is 144 Å². The summed E-state index contributed by atoms with van der Waals surface area (Å²) in [7, 11) is -3.33. The van der Waals surface area contributed by atoms with E-state index in [9.17, 15) is 13.2 Å². The predicted octanol–water partition coefficient (Wildman–Crippen LogP) is 3.45. The van der Waals surface area contributed by atoms with Crippen LogP contribution in [0.3, 0.4) is 0 Å². The van der Waals surface area contributed by atoms with Gasteiger partial charge in [0.1, 0.15) is 0 Å². The summed E-state index contributed by atoms with van der Waals surface area (Å²) in [4.78, 5) is 13.9. The zero-order chi connectivity index (χ0) is 17.2. The number of fused-ring (bicyclic) bond motifs is 1. The molecule has 1 N–H and O–H groups in total. The van der Waals surface area contributed by atoms with Crippen LogP contribution in [0.15, 0.2) is 18.2 Å². The predicted molar refractivity (Wildman–Crippen MR) is 96.8 cm³/mol. The maximum absolute atomic E-state index is 12.6. The Balaban J connectivity index is 1.80. The Morgan fingerprint density at radius 3 is 2.62 bits per heavy atom. The molecule has 1 aliphatic heterocycles. The molecule has 0 bridgehead atoms. The van der Waals surface area contributed by atoms with Crippen molar-refractivity contribution in [3.05, 3.63) is 23.8 Å². The Morgan fingerprint density at radius 1 is 1.17 bits per heavy atom. The fraction of sp³-hybridized carbons (Fsp3) is 0.611. The summed E-state index contributed by atoms with van der Waals surface area (Å²) in [5.41, 5.74) is 2.59. The third-order valence-corrected chi connectivity index (χ3v) is 6.85. The number of hydrogen-bond acceptors (Lipinski definition) is 3. The van der Waals surface area contributed by atoms with Crippen LogP contribution in [0.25, 0.3) is 0 Å². The van der Waals surface area contributed by atoms with E-state index in [2.05, 4.69) is 4.72 Å². The average molecular weight is 350 g/mol. The molecule has 0 saturated heterocycles. The van der Waals surface area contributed by atoms with Gasteiger partial charge >= 0.3 is 0 Å². The second kappa shape index (κ2) is 7.13. The molecule has 1 aromatic rings. The molecule has 1 saturated carbocycles. The van der Waals surface area contributed by atoms with Crippen molar-refractivity contribution in [1.29, 1.82) is 0 Å². The van der Waals surface area contributed by atoms with E-state index in [1.54, 1.807) is 6.07 Å². The fourth-order valence-electron chi connectivity index (χ4n) is 3.72. The summed E-state index contributed by atoms with van der Waals surface area (Å²) in [5.74, 6) is 0.153. The van der Waals surface area contributed by atoms with E-state index in [4.69, 9.17) is 0 Å². The highest BCUT2D eigenvalue weighted by molar-refractivity contribution is 7.93. The molecule has 132 valence electrons. The molecule has 0 aromatic heterocycles. The number of hydrogen-bond donors (Lipinski definition) is 1. The lowest BCUT2D eigenvalue weighted by Gasteiger charge is -2.30. The molecule has 0 radical (unpaired) electrons. The third kappa shape index (κ3) is 3.58. The van der Waals surface area contributed by atoms with E-state index in [1.807, 2.05) is 24.0 Å². The van der Waals surface area contributed by atoms with Gasteiger partial charge in [0.05, 0.1) is 5.25 Å². The van der Waals surface area contributed by atoms with Crippen molar-refractivity contribution in [1.82, 2.24) is 0 Å². The van der Waals surface area contributed by atoms with Gasteiger partial charge in [0.2, 0.25) is 15.9 Å². The smallest absolute Gasteiger partial charge is 0.235 e. The maximum atomic E-state index is 12.6. The Morgan fingerprint density at radius 2 is 1.92 bits per heavy atom. The highest BCUT2D eigenvalue weighted by Crippen LogP contribution is 2.32. The molecule has 24 heavy (non-hydrogen) atoms. The Kier molecular flexibility index (Phi) is 5.13. The quantitative estimate of drug-likeness (QED) is 0.884. The molecule has 3 rings (SSSR count). The van der Waals surface area contributed by atoms with E-state index in [-0.39, 0.29) is 11.2 Å². The number of aryl methyl sites for hydroxylation is 1. The molecule has 6 heteroatoms. The number of anilines is 2. The van der Waals surface area contributed by atoms with Crippen molar-refractivity contribution in [2.45, 2.75) is 63.5 Å². The van der Waals surface area contributed by atoms with Crippen molar-refractivity contribution >= 4 is 27.3 Å². The van der Waals surface area contributed by atoms with E-state index >= 15 is 0 Å². The minimum Gasteiger partial charge on any atom is -0.312 e. The van der Waals surface area contributed by atoms with Gasteiger partial charge in [-0.2, -0.15) is 0 Å². The monoisotopic (exact) mass is 350 g/mol. The van der Waals surface area contributed by atoms with Crippen LogP contribution in [0.1, 0.15) is 57.4 Å². The van der Waals surface area contributed by atoms with Crippen LogP contribution in [-0.2, 0) is 21.2 Å². The van der Waals surface area contributed by atoms with Gasteiger partial charge in [-0.05, 0) is 49.4 Å². The van der Waals surface area contributed by atoms with E-state index in [1.165, 1.54) is 0 Å². The summed E-state index contributed by atoms with van der Waals surface area (Å²) < 4.78 is 27.9. The Hall–Kier alpha value is -1.56. The highest BCUT2D eigenvalue weighted by Gasteiger charge is 2.28. The zero-order valence-corrected chi connectivity index (χ0v) is 15.1. The molecule has 1 fully saturated rings. The number of amides is 1. The number of benzene rings is 1. The first-order valence-corrected chi connectivity index (χ1v) is 10.5. The molecule has 0 unspecified atom stereocenters. The van der Waals surface area contributed by atoms with Crippen LogP contribution in [0.5, 0.6) is 0 Å². The minimum absolute atomic E-state index is 0.153. The first-order valence-electron chi connectivity index (χ1n) is 8.96. The standard InChI is InChI=1S/C18H26N2O3S/c1-2-12-20-17-10-9-15(13-14(17)8-11-18(20)21)19-24(22,23)16-6-4-3-5-7-16/h9-10,13,16,19H,2-8,11-12H2,1H3. The second-order valence-corrected chi connectivity index (χ2v) is 8.76. The van der Waals surface area contributed by atoms with Crippen molar-refractivity contribution in [3.8, 4) is 0 Å². The van der Waals surface area contributed by atoms with Crippen molar-refractivity contribution < 1.29 is 13.2 Å². The van der Waals surface area contributed by atoms with Crippen LogP contribution in [0, 0.1) is 0 Å². The first kappa shape index (κ1) is 17.3. The van der Waals surface area contributed by atoms with Crippen LogP contribution >= 0.6 is 0 Å². The van der Waals surface area contributed by atoms with E-state index in [0.29, 0.717) is 25.1 Å². The van der Waals surface area contributed by atoms with Gasteiger partial charge in [0.15, 0.2) is 0 Å². The summed E-state index contributed by atoms with van der Waals surface area (Å²) in [6, 6.07) is 5.55. The third-order valence-electron chi connectivity index (χ3n) is 4.98. The fourth-order valence-corrected chi connectivity index (χ4v) is 5.29. The molecular weight excluding hydrogens is 324 g/mol. The lowest BCUT2D eigenvalue weighted by molar-refractivity contribution is -0.118. The lowest BCUT2D eigenvalue weighted by atomic mass is 10.0. The first-order chi connectivity index (χ1) is 11.5. The van der Waals surface area contributed by atoms with Crippen LogP contribution < -0.4 is 9.62 Å².